The van der Waals surface area contributed by atoms with Crippen molar-refractivity contribution in [1.82, 2.24) is 9.62 Å². The van der Waals surface area contributed by atoms with E-state index >= 15 is 0 Å². The van der Waals surface area contributed by atoms with Crippen LogP contribution in [0.1, 0.15) is 60.2 Å². The number of hydrogen-bond donors (Lipinski definition) is 1. The summed E-state index contributed by atoms with van der Waals surface area (Å²) >= 11 is 6.19. The van der Waals surface area contributed by atoms with Crippen LogP contribution in [-0.2, 0) is 16.6 Å². The van der Waals surface area contributed by atoms with Gasteiger partial charge in [-0.1, -0.05) is 79.0 Å². The fourth-order valence-electron chi connectivity index (χ4n) is 6.67. The third-order valence-electron chi connectivity index (χ3n) is 9.49. The van der Waals surface area contributed by atoms with Gasteiger partial charge in [0.05, 0.1) is 4.90 Å². The number of aryl methyl sites for hydroxylation is 1. The van der Waals surface area contributed by atoms with Gasteiger partial charge in [-0.2, -0.15) is 0 Å². The molecule has 1 aliphatic heterocycles. The molecule has 4 aromatic carbocycles. The van der Waals surface area contributed by atoms with Crippen LogP contribution in [0.15, 0.2) is 108 Å². The summed E-state index contributed by atoms with van der Waals surface area (Å²) in [5.74, 6) is -0.227. The lowest BCUT2D eigenvalue weighted by Gasteiger charge is -2.39. The first kappa shape index (κ1) is 34.7. The number of rotatable bonds is 10. The van der Waals surface area contributed by atoms with Crippen molar-refractivity contribution in [2.75, 3.05) is 37.6 Å². The van der Waals surface area contributed by atoms with E-state index in [0.717, 1.165) is 67.4 Å². The highest BCUT2D eigenvalue weighted by atomic mass is 35.5. The molecule has 0 radical (unpaired) electrons. The van der Waals surface area contributed by atoms with Crippen molar-refractivity contribution in [2.24, 2.45) is 5.41 Å². The maximum Gasteiger partial charge on any atom is 0.265 e. The van der Waals surface area contributed by atoms with E-state index in [1.165, 1.54) is 23.1 Å². The molecule has 0 saturated carbocycles. The van der Waals surface area contributed by atoms with Gasteiger partial charge in [0.2, 0.25) is 0 Å². The zero-order valence-corrected chi connectivity index (χ0v) is 30.0. The molecule has 1 amide bonds. The molecule has 0 bridgehead atoms. The maximum atomic E-state index is 13.2. The second-order valence-electron chi connectivity index (χ2n) is 13.9. The normalized spacial score (nSPS) is 16.8. The van der Waals surface area contributed by atoms with Gasteiger partial charge < -0.3 is 9.64 Å². The Morgan fingerprint density at radius 3 is 2.33 bits per heavy atom. The third-order valence-corrected chi connectivity index (χ3v) is 11.1. The SMILES string of the molecule is Cc1cccc(COc2cccc(C(=O)NS(=O)(=O)c3ccc(N4CCN(CC5=C(c6ccc(Cl)cc6)CC(C)(C)CC5)CC4)cc3)c2)c1. The number of hydrogen-bond acceptors (Lipinski definition) is 6. The molecule has 0 unspecified atom stereocenters. The first-order chi connectivity index (χ1) is 23.4. The van der Waals surface area contributed by atoms with Crippen LogP contribution in [-0.4, -0.2) is 51.9 Å². The Morgan fingerprint density at radius 2 is 1.61 bits per heavy atom. The fraction of sp³-hybridized carbons (Fsp3) is 0.325. The standard InChI is InChI=1S/C40H44ClN3O4S/c1-29-6-4-7-30(24-29)28-48-36-9-5-8-32(25-36)39(45)42-49(46,47)37-16-14-35(15-17-37)44-22-20-43(21-23-44)27-33-18-19-40(2,3)26-38(33)31-10-12-34(41)13-11-31/h4-17,24-25H,18-23,26-28H2,1-3H3,(H,42,45). The molecule has 6 rings (SSSR count). The summed E-state index contributed by atoms with van der Waals surface area (Å²) in [5, 5.41) is 0.758. The lowest BCUT2D eigenvalue weighted by Crippen LogP contribution is -2.47. The minimum Gasteiger partial charge on any atom is -0.489 e. The van der Waals surface area contributed by atoms with Gasteiger partial charge in [0.1, 0.15) is 12.4 Å². The highest BCUT2D eigenvalue weighted by Crippen LogP contribution is 2.43. The van der Waals surface area contributed by atoms with Crippen LogP contribution in [0.2, 0.25) is 5.02 Å². The van der Waals surface area contributed by atoms with Gasteiger partial charge in [-0.3, -0.25) is 9.69 Å². The average Bonchev–Trinajstić information content (AvgIpc) is 3.09. The molecule has 256 valence electrons. The van der Waals surface area contributed by atoms with Crippen LogP contribution in [0.25, 0.3) is 5.57 Å². The van der Waals surface area contributed by atoms with E-state index in [2.05, 4.69) is 40.5 Å². The number of benzene rings is 4. The van der Waals surface area contributed by atoms with Gasteiger partial charge in [0, 0.05) is 49.0 Å². The van der Waals surface area contributed by atoms with Gasteiger partial charge in [-0.15, -0.1) is 0 Å². The number of carbonyl (C=O) groups excluding carboxylic acids is 1. The predicted octanol–water partition coefficient (Wildman–Crippen LogP) is 8.13. The summed E-state index contributed by atoms with van der Waals surface area (Å²) < 4.78 is 34.4. The molecule has 4 aromatic rings. The van der Waals surface area contributed by atoms with Gasteiger partial charge in [0.25, 0.3) is 15.9 Å². The lowest BCUT2D eigenvalue weighted by atomic mass is 9.72. The van der Waals surface area contributed by atoms with Crippen LogP contribution in [0.3, 0.4) is 0 Å². The van der Waals surface area contributed by atoms with Gasteiger partial charge in [-0.25, -0.2) is 13.1 Å². The van der Waals surface area contributed by atoms with Gasteiger partial charge in [-0.05, 0) is 103 Å². The zero-order chi connectivity index (χ0) is 34.6. The molecule has 1 heterocycles. The number of nitrogens with one attached hydrogen (secondary N) is 1. The number of piperazine rings is 1. The molecule has 49 heavy (non-hydrogen) atoms. The van der Waals surface area contributed by atoms with E-state index < -0.39 is 15.9 Å². The summed E-state index contributed by atoms with van der Waals surface area (Å²) in [7, 11) is -4.07. The number of carbonyl (C=O) groups is 1. The number of sulfonamides is 1. The number of nitrogens with zero attached hydrogens (tertiary/aromatic N) is 2. The fourth-order valence-corrected chi connectivity index (χ4v) is 7.77. The minimum atomic E-state index is -4.07. The number of ether oxygens (including phenoxy) is 1. The van der Waals surface area contributed by atoms with Crippen molar-refractivity contribution in [3.63, 3.8) is 0 Å². The van der Waals surface area contributed by atoms with Crippen LogP contribution in [0.5, 0.6) is 5.75 Å². The Kier molecular flexibility index (Phi) is 10.5. The van der Waals surface area contributed by atoms with Crippen molar-refractivity contribution in [1.29, 1.82) is 0 Å². The Labute approximate surface area is 295 Å². The topological polar surface area (TPSA) is 78.9 Å². The second kappa shape index (κ2) is 14.8. The number of allylic oxidation sites excluding steroid dienone is 1. The number of amides is 1. The van der Waals surface area contributed by atoms with Gasteiger partial charge >= 0.3 is 0 Å². The minimum absolute atomic E-state index is 0.0389. The lowest BCUT2D eigenvalue weighted by molar-refractivity contribution is 0.0981. The Hall–Kier alpha value is -4.11. The van der Waals surface area contributed by atoms with Crippen LogP contribution in [0.4, 0.5) is 5.69 Å². The van der Waals surface area contributed by atoms with Crippen LogP contribution in [0, 0.1) is 12.3 Å². The Morgan fingerprint density at radius 1 is 0.898 bits per heavy atom. The van der Waals surface area contributed by atoms with E-state index in [-0.39, 0.29) is 15.9 Å². The molecule has 1 saturated heterocycles. The van der Waals surface area contributed by atoms with Crippen LogP contribution >= 0.6 is 11.6 Å². The van der Waals surface area contributed by atoms with Crippen molar-refractivity contribution in [2.45, 2.75) is 51.5 Å². The number of halogens is 1. The summed E-state index contributed by atoms with van der Waals surface area (Å²) in [6.07, 6.45) is 3.35. The summed E-state index contributed by atoms with van der Waals surface area (Å²) in [6, 6.07) is 29.5. The Balaban J connectivity index is 1.04. The van der Waals surface area contributed by atoms with Crippen molar-refractivity contribution in [3.8, 4) is 5.75 Å². The van der Waals surface area contributed by atoms with E-state index in [0.29, 0.717) is 12.4 Å². The second-order valence-corrected chi connectivity index (χ2v) is 16.0. The van der Waals surface area contributed by atoms with Crippen LogP contribution < -0.4 is 14.4 Å². The molecule has 0 spiro atoms. The van der Waals surface area contributed by atoms with Crippen molar-refractivity contribution >= 4 is 38.8 Å². The molecule has 7 nitrogen and oxygen atoms in total. The summed E-state index contributed by atoms with van der Waals surface area (Å²) in [6.45, 7) is 11.6. The quantitative estimate of drug-likeness (QED) is 0.180. The third kappa shape index (κ3) is 8.93. The largest absolute Gasteiger partial charge is 0.489 e. The molecular formula is C40H44ClN3O4S. The molecule has 1 aliphatic carbocycles. The van der Waals surface area contributed by atoms with Gasteiger partial charge in [0.15, 0.2) is 0 Å². The first-order valence-corrected chi connectivity index (χ1v) is 18.7. The zero-order valence-electron chi connectivity index (χ0n) is 28.4. The average molecular weight is 698 g/mol. The first-order valence-electron chi connectivity index (χ1n) is 16.8. The highest BCUT2D eigenvalue weighted by molar-refractivity contribution is 7.90. The monoisotopic (exact) mass is 697 g/mol. The van der Waals surface area contributed by atoms with Crippen molar-refractivity contribution < 1.29 is 17.9 Å². The highest BCUT2D eigenvalue weighted by Gasteiger charge is 2.29. The van der Waals surface area contributed by atoms with E-state index in [1.807, 2.05) is 55.5 Å². The Bertz CT molecular complexity index is 1930. The molecule has 2 aliphatic rings. The molecule has 1 N–H and O–H groups in total. The molecule has 0 atom stereocenters. The summed E-state index contributed by atoms with van der Waals surface area (Å²) in [4.78, 5) is 17.8. The molecular weight excluding hydrogens is 654 g/mol. The van der Waals surface area contributed by atoms with E-state index in [4.69, 9.17) is 16.3 Å². The van der Waals surface area contributed by atoms with E-state index in [9.17, 15) is 13.2 Å². The number of anilines is 1. The van der Waals surface area contributed by atoms with E-state index in [1.54, 1.807) is 36.4 Å². The summed E-state index contributed by atoms with van der Waals surface area (Å²) in [5.41, 5.74) is 7.83. The predicted molar refractivity (Wildman–Crippen MR) is 198 cm³/mol. The molecule has 1 fully saturated rings. The van der Waals surface area contributed by atoms with Crippen molar-refractivity contribution in [3.05, 3.63) is 130 Å². The molecule has 9 heteroatoms. The molecule has 0 aromatic heterocycles. The smallest absolute Gasteiger partial charge is 0.265 e. The maximum absolute atomic E-state index is 13.2.